The Kier molecular flexibility index (Phi) is 5.92. The van der Waals surface area contributed by atoms with Gasteiger partial charge in [-0.2, -0.15) is 5.10 Å². The minimum Gasteiger partial charge on any atom is -0.507 e. The first-order valence-corrected chi connectivity index (χ1v) is 11.5. The quantitative estimate of drug-likeness (QED) is 0.264. The van der Waals surface area contributed by atoms with Crippen LogP contribution in [0.5, 0.6) is 5.75 Å². The lowest BCUT2D eigenvalue weighted by Gasteiger charge is -2.24. The Bertz CT molecular complexity index is 1570. The Morgan fingerprint density at radius 3 is 2.35 bits per heavy atom. The molecule has 0 amide bonds. The average molecular weight is 498 g/mol. The molecule has 0 fully saturated rings. The molecule has 1 heterocycles. The molecule has 0 aliphatic carbocycles. The van der Waals surface area contributed by atoms with Crippen LogP contribution >= 0.6 is 0 Å². The second-order valence-corrected chi connectivity index (χ2v) is 8.97. The number of nitro benzene ring substituents is 2. The lowest BCUT2D eigenvalue weighted by molar-refractivity contribution is -0.393. The van der Waals surface area contributed by atoms with Crippen LogP contribution in [-0.2, 0) is 0 Å². The molecule has 0 saturated carbocycles. The molecule has 1 atom stereocenters. The SMILES string of the molecule is CN(C)c1ccc([C@@H]2CC(c3ccc4ccccc4c3O)=NN2c2ccc([N+](=O)[O-])cc2[N+](=O)[O-])cc1. The lowest BCUT2D eigenvalue weighted by atomic mass is 9.95. The number of non-ortho nitro benzene ring substituents is 1. The fourth-order valence-electron chi connectivity index (χ4n) is 4.60. The maximum absolute atomic E-state index is 11.9. The van der Waals surface area contributed by atoms with Gasteiger partial charge in [0.1, 0.15) is 11.4 Å². The van der Waals surface area contributed by atoms with Crippen molar-refractivity contribution in [3.05, 3.63) is 110 Å². The van der Waals surface area contributed by atoms with Crippen molar-refractivity contribution in [1.82, 2.24) is 0 Å². The summed E-state index contributed by atoms with van der Waals surface area (Å²) in [4.78, 5) is 23.9. The van der Waals surface area contributed by atoms with Crippen molar-refractivity contribution >= 4 is 39.2 Å². The number of phenolic OH excluding ortho intramolecular Hbond substituents is 1. The van der Waals surface area contributed by atoms with Gasteiger partial charge in [0.05, 0.1) is 27.7 Å². The van der Waals surface area contributed by atoms with Crippen molar-refractivity contribution in [2.75, 3.05) is 24.0 Å². The molecule has 0 unspecified atom stereocenters. The van der Waals surface area contributed by atoms with Gasteiger partial charge in [-0.05, 0) is 35.2 Å². The zero-order chi connectivity index (χ0) is 26.3. The number of hydrogen-bond acceptors (Lipinski definition) is 8. The molecule has 1 N–H and O–H groups in total. The number of nitrogens with zero attached hydrogens (tertiary/aromatic N) is 5. The van der Waals surface area contributed by atoms with Crippen molar-refractivity contribution in [1.29, 1.82) is 0 Å². The number of nitro groups is 2. The lowest BCUT2D eigenvalue weighted by Crippen LogP contribution is -2.20. The Hall–Kier alpha value is -4.99. The van der Waals surface area contributed by atoms with Crippen molar-refractivity contribution in [3.63, 3.8) is 0 Å². The van der Waals surface area contributed by atoms with Crippen LogP contribution in [0.3, 0.4) is 0 Å². The zero-order valence-electron chi connectivity index (χ0n) is 20.1. The predicted molar refractivity (Wildman–Crippen MR) is 143 cm³/mol. The molecule has 10 heteroatoms. The third-order valence-corrected chi connectivity index (χ3v) is 6.53. The molecule has 0 radical (unpaired) electrons. The van der Waals surface area contributed by atoms with Gasteiger partial charge in [-0.25, -0.2) is 0 Å². The van der Waals surface area contributed by atoms with Crippen molar-refractivity contribution < 1.29 is 15.0 Å². The van der Waals surface area contributed by atoms with E-state index in [1.54, 1.807) is 6.07 Å². The van der Waals surface area contributed by atoms with E-state index in [4.69, 9.17) is 5.10 Å². The molecule has 0 saturated heterocycles. The second kappa shape index (κ2) is 9.23. The average Bonchev–Trinajstić information content (AvgIpc) is 3.33. The highest BCUT2D eigenvalue weighted by molar-refractivity contribution is 6.09. The summed E-state index contributed by atoms with van der Waals surface area (Å²) in [5.74, 6) is 0.0820. The van der Waals surface area contributed by atoms with Crippen molar-refractivity contribution in [2.45, 2.75) is 12.5 Å². The molecule has 0 bridgehead atoms. The molecule has 186 valence electrons. The minimum atomic E-state index is -0.667. The molecule has 4 aromatic rings. The summed E-state index contributed by atoms with van der Waals surface area (Å²) in [6.45, 7) is 0. The summed E-state index contributed by atoms with van der Waals surface area (Å²) in [7, 11) is 3.86. The van der Waals surface area contributed by atoms with Gasteiger partial charge in [-0.3, -0.25) is 25.2 Å². The highest BCUT2D eigenvalue weighted by atomic mass is 16.6. The van der Waals surface area contributed by atoms with Gasteiger partial charge in [-0.1, -0.05) is 42.5 Å². The zero-order valence-corrected chi connectivity index (χ0v) is 20.1. The van der Waals surface area contributed by atoms with Crippen LogP contribution in [0.1, 0.15) is 23.6 Å². The maximum Gasteiger partial charge on any atom is 0.301 e. The molecule has 1 aliphatic rings. The van der Waals surface area contributed by atoms with E-state index in [0.717, 1.165) is 22.7 Å². The summed E-state index contributed by atoms with van der Waals surface area (Å²) in [6, 6.07) is 22.0. The van der Waals surface area contributed by atoms with Crippen molar-refractivity contribution in [2.24, 2.45) is 5.10 Å². The summed E-state index contributed by atoms with van der Waals surface area (Å²) in [5.41, 5.74) is 2.26. The number of rotatable bonds is 6. The number of hydrazone groups is 1. The highest BCUT2D eigenvalue weighted by Gasteiger charge is 2.35. The fourth-order valence-corrected chi connectivity index (χ4v) is 4.60. The summed E-state index contributed by atoms with van der Waals surface area (Å²) < 4.78 is 0. The molecular weight excluding hydrogens is 474 g/mol. The Balaban J connectivity index is 1.66. The van der Waals surface area contributed by atoms with Crippen LogP contribution in [-0.4, -0.2) is 34.8 Å². The number of aromatic hydroxyl groups is 1. The van der Waals surface area contributed by atoms with E-state index in [0.29, 0.717) is 23.1 Å². The molecule has 10 nitrogen and oxygen atoms in total. The number of hydrogen-bond donors (Lipinski definition) is 1. The maximum atomic E-state index is 11.9. The van der Waals surface area contributed by atoms with Crippen molar-refractivity contribution in [3.8, 4) is 5.75 Å². The molecule has 0 spiro atoms. The minimum absolute atomic E-state index is 0.0820. The van der Waals surface area contributed by atoms with Crippen LogP contribution in [0, 0.1) is 20.2 Å². The van der Waals surface area contributed by atoms with Crippen LogP contribution in [0.4, 0.5) is 22.7 Å². The van der Waals surface area contributed by atoms with E-state index in [1.807, 2.05) is 73.6 Å². The van der Waals surface area contributed by atoms with Crippen LogP contribution in [0.25, 0.3) is 10.8 Å². The van der Waals surface area contributed by atoms with Gasteiger partial charge in [0.15, 0.2) is 0 Å². The second-order valence-electron chi connectivity index (χ2n) is 8.97. The standard InChI is InChI=1S/C27H23N5O5/c1-29(2)19-10-7-18(8-11-19)25-16-23(22-13-9-17-5-3-4-6-21(17)27(22)33)28-30(25)24-14-12-20(31(34)35)15-26(24)32(36)37/h3-15,25,33H,16H2,1-2H3/t25-/m0/s1. The Labute approximate surface area is 212 Å². The molecule has 0 aromatic heterocycles. The number of phenols is 1. The van der Waals surface area contributed by atoms with Gasteiger partial charge in [0.25, 0.3) is 5.69 Å². The van der Waals surface area contributed by atoms with E-state index in [2.05, 4.69) is 0 Å². The third kappa shape index (κ3) is 4.29. The summed E-state index contributed by atoms with van der Waals surface area (Å²) >= 11 is 0. The molecule has 4 aromatic carbocycles. The van der Waals surface area contributed by atoms with Crippen LogP contribution < -0.4 is 9.91 Å². The largest absolute Gasteiger partial charge is 0.507 e. The topological polar surface area (TPSA) is 125 Å². The van der Waals surface area contributed by atoms with Gasteiger partial charge < -0.3 is 10.0 Å². The Morgan fingerprint density at radius 2 is 1.68 bits per heavy atom. The van der Waals surface area contributed by atoms with E-state index in [-0.39, 0.29) is 17.1 Å². The first-order chi connectivity index (χ1) is 17.7. The third-order valence-electron chi connectivity index (χ3n) is 6.53. The number of fused-ring (bicyclic) bond motifs is 1. The first kappa shape index (κ1) is 23.7. The van der Waals surface area contributed by atoms with Gasteiger partial charge >= 0.3 is 5.69 Å². The van der Waals surface area contributed by atoms with E-state index < -0.39 is 21.6 Å². The smallest absolute Gasteiger partial charge is 0.301 e. The Morgan fingerprint density at radius 1 is 0.946 bits per heavy atom. The van der Waals surface area contributed by atoms with E-state index >= 15 is 0 Å². The molecule has 1 aliphatic heterocycles. The molecule has 5 rings (SSSR count). The van der Waals surface area contributed by atoms with Gasteiger partial charge in [0, 0.05) is 43.2 Å². The summed E-state index contributed by atoms with van der Waals surface area (Å²) in [6.07, 6.45) is 0.362. The van der Waals surface area contributed by atoms with Gasteiger partial charge in [0.2, 0.25) is 0 Å². The number of benzene rings is 4. The fraction of sp³-hybridized carbons (Fsp3) is 0.148. The monoisotopic (exact) mass is 497 g/mol. The van der Waals surface area contributed by atoms with Crippen LogP contribution in [0.2, 0.25) is 0 Å². The van der Waals surface area contributed by atoms with E-state index in [9.17, 15) is 25.3 Å². The molecular formula is C27H23N5O5. The highest BCUT2D eigenvalue weighted by Crippen LogP contribution is 2.43. The normalized spacial score (nSPS) is 15.0. The number of anilines is 2. The first-order valence-electron chi connectivity index (χ1n) is 11.5. The van der Waals surface area contributed by atoms with Gasteiger partial charge in [-0.15, -0.1) is 0 Å². The summed E-state index contributed by atoms with van der Waals surface area (Å²) in [5, 5.41) is 42.1. The molecule has 37 heavy (non-hydrogen) atoms. The van der Waals surface area contributed by atoms with Crippen LogP contribution in [0.15, 0.2) is 84.0 Å². The van der Waals surface area contributed by atoms with E-state index in [1.165, 1.54) is 17.1 Å². The predicted octanol–water partition coefficient (Wildman–Crippen LogP) is 5.78.